The van der Waals surface area contributed by atoms with E-state index < -0.39 is 72.6 Å². The number of aliphatic carboxylic acids is 2. The van der Waals surface area contributed by atoms with Gasteiger partial charge in [0.1, 0.15) is 12.1 Å². The molecule has 14 heteroatoms. The van der Waals surface area contributed by atoms with Gasteiger partial charge in [-0.05, 0) is 24.0 Å². The molecular formula is C23H28N6O8. The number of nitrogens with zero attached hydrogens (tertiary/aromatic N) is 2. The second-order valence-electron chi connectivity index (χ2n) is 8.92. The van der Waals surface area contributed by atoms with E-state index in [1.165, 1.54) is 11.8 Å². The molecule has 2 aliphatic heterocycles. The van der Waals surface area contributed by atoms with E-state index >= 15 is 0 Å². The summed E-state index contributed by atoms with van der Waals surface area (Å²) in [5.41, 5.74) is 8.99. The number of rotatable bonds is 10. The molecular weight excluding hydrogens is 488 g/mol. The number of carbonyl (C=O) groups excluding carboxylic acids is 4. The van der Waals surface area contributed by atoms with Gasteiger partial charge in [0.2, 0.25) is 17.7 Å². The molecule has 0 fully saturated rings. The van der Waals surface area contributed by atoms with Crippen LogP contribution >= 0.6 is 0 Å². The van der Waals surface area contributed by atoms with E-state index in [9.17, 15) is 33.9 Å². The number of hydrogen-bond donors (Lipinski definition) is 6. The van der Waals surface area contributed by atoms with Crippen LogP contribution < -0.4 is 26.7 Å². The first-order valence-electron chi connectivity index (χ1n) is 11.5. The van der Waals surface area contributed by atoms with E-state index in [2.05, 4.69) is 15.7 Å². The number of benzene rings is 1. The maximum atomic E-state index is 13.6. The zero-order valence-corrected chi connectivity index (χ0v) is 20.0. The molecule has 0 saturated heterocycles. The molecule has 0 radical (unpaired) electrons. The predicted octanol–water partition coefficient (Wildman–Crippen LogP) is -0.900. The van der Waals surface area contributed by atoms with Gasteiger partial charge in [-0.1, -0.05) is 25.1 Å². The van der Waals surface area contributed by atoms with Crippen LogP contribution in [0, 0.1) is 5.92 Å². The summed E-state index contributed by atoms with van der Waals surface area (Å²) in [6.07, 6.45) is 0.913. The summed E-state index contributed by atoms with van der Waals surface area (Å²) >= 11 is 0. The van der Waals surface area contributed by atoms with Crippen molar-refractivity contribution in [3.63, 3.8) is 0 Å². The smallest absolute Gasteiger partial charge is 0.332 e. The van der Waals surface area contributed by atoms with Crippen LogP contribution in [0.1, 0.15) is 37.3 Å². The largest absolute Gasteiger partial charge is 0.481 e. The third-order valence-corrected chi connectivity index (χ3v) is 6.11. The molecule has 14 nitrogen and oxygen atoms in total. The fraction of sp³-hybridized carbons (Fsp3) is 0.435. The zero-order chi connectivity index (χ0) is 27.3. The normalized spacial score (nSPS) is 19.9. The Morgan fingerprint density at radius 2 is 1.84 bits per heavy atom. The van der Waals surface area contributed by atoms with Crippen LogP contribution in [0.25, 0.3) is 0 Å². The molecule has 0 saturated carbocycles. The minimum Gasteiger partial charge on any atom is -0.481 e. The van der Waals surface area contributed by atoms with Crippen LogP contribution in [0.5, 0.6) is 0 Å². The third-order valence-electron chi connectivity index (χ3n) is 6.11. The molecule has 0 bridgehead atoms. The Kier molecular flexibility index (Phi) is 8.42. The Balaban J connectivity index is 1.85. The lowest BCUT2D eigenvalue weighted by molar-refractivity contribution is -0.141. The molecule has 0 spiro atoms. The van der Waals surface area contributed by atoms with Crippen LogP contribution in [0.3, 0.4) is 0 Å². The average molecular weight is 517 g/mol. The third kappa shape index (κ3) is 6.59. The molecule has 1 aromatic carbocycles. The van der Waals surface area contributed by atoms with Crippen molar-refractivity contribution < 1.29 is 39.0 Å². The van der Waals surface area contributed by atoms with Crippen molar-refractivity contribution in [2.75, 3.05) is 4.90 Å². The van der Waals surface area contributed by atoms with Gasteiger partial charge in [-0.3, -0.25) is 28.9 Å². The first-order chi connectivity index (χ1) is 17.5. The highest BCUT2D eigenvalue weighted by Gasteiger charge is 2.44. The molecule has 5 amide bonds. The van der Waals surface area contributed by atoms with E-state index in [1.807, 2.05) is 11.5 Å². The van der Waals surface area contributed by atoms with Crippen molar-refractivity contribution in [1.29, 1.82) is 0 Å². The van der Waals surface area contributed by atoms with Gasteiger partial charge < -0.3 is 26.6 Å². The van der Waals surface area contributed by atoms with Gasteiger partial charge >= 0.3 is 18.0 Å². The highest BCUT2D eigenvalue weighted by molar-refractivity contribution is 6.08. The van der Waals surface area contributed by atoms with Gasteiger partial charge in [-0.15, -0.1) is 0 Å². The predicted molar refractivity (Wildman–Crippen MR) is 128 cm³/mol. The van der Waals surface area contributed by atoms with Gasteiger partial charge in [0.15, 0.2) is 0 Å². The van der Waals surface area contributed by atoms with Crippen LogP contribution in [0.2, 0.25) is 0 Å². The lowest BCUT2D eigenvalue weighted by Gasteiger charge is -2.29. The van der Waals surface area contributed by atoms with Gasteiger partial charge in [0, 0.05) is 18.6 Å². The molecule has 4 atom stereocenters. The van der Waals surface area contributed by atoms with Gasteiger partial charge in [0.25, 0.3) is 0 Å². The zero-order valence-electron chi connectivity index (χ0n) is 20.0. The van der Waals surface area contributed by atoms with E-state index in [1.54, 1.807) is 12.1 Å². The highest BCUT2D eigenvalue weighted by Crippen LogP contribution is 2.39. The number of hydrogen-bond acceptors (Lipinski definition) is 7. The van der Waals surface area contributed by atoms with Crippen LogP contribution in [0.4, 0.5) is 10.5 Å². The standard InChI is InChI=1S/C23H28N6O8/c1-11(7-17(30)31)20(34)27-15-6-5-12-3-2-4-13-8-16(29(19(12)13)22(15)36)21(35)26-14(9-18(32)33)10-25-28-23(24)37/h2-4,10-11,14-16H,5-9H2,1H3,(H,26,35)(H,27,34)(H,30,31)(H,32,33)(H3,24,28,37)/b25-10-/t11-,14-,15-,16-/m0/s1. The molecule has 0 aromatic heterocycles. The molecule has 37 heavy (non-hydrogen) atoms. The number of carbonyl (C=O) groups is 6. The quantitative estimate of drug-likeness (QED) is 0.168. The van der Waals surface area contributed by atoms with Crippen molar-refractivity contribution in [2.24, 2.45) is 16.8 Å². The van der Waals surface area contributed by atoms with Crippen molar-refractivity contribution in [3.8, 4) is 0 Å². The molecule has 2 aliphatic rings. The maximum Gasteiger partial charge on any atom is 0.332 e. The summed E-state index contributed by atoms with van der Waals surface area (Å²) < 4.78 is 0. The highest BCUT2D eigenvalue weighted by atomic mass is 16.4. The topological polar surface area (TPSA) is 221 Å². The number of nitrogens with two attached hydrogens (primary N) is 1. The van der Waals surface area contributed by atoms with Crippen LogP contribution in [0.15, 0.2) is 23.3 Å². The number of anilines is 1. The van der Waals surface area contributed by atoms with E-state index in [0.717, 1.165) is 17.3 Å². The molecule has 1 aromatic rings. The SMILES string of the molecule is C[C@@H](CC(=O)O)C(=O)N[C@H]1CCc2cccc3c2N(C1=O)[C@H](C(=O)N[C@H](/C=N\NC(N)=O)CC(=O)O)C3. The minimum absolute atomic E-state index is 0.160. The number of para-hydroxylation sites is 1. The Hall–Kier alpha value is -4.49. The van der Waals surface area contributed by atoms with Crippen molar-refractivity contribution >= 4 is 47.6 Å². The first kappa shape index (κ1) is 27.1. The lowest BCUT2D eigenvalue weighted by Crippen LogP contribution is -2.56. The Morgan fingerprint density at radius 1 is 1.16 bits per heavy atom. The fourth-order valence-electron chi connectivity index (χ4n) is 4.44. The summed E-state index contributed by atoms with van der Waals surface area (Å²) in [6, 6.07) is 1.30. The molecule has 198 valence electrons. The summed E-state index contributed by atoms with van der Waals surface area (Å²) in [4.78, 5) is 73.9. The molecule has 0 aliphatic carbocycles. The summed E-state index contributed by atoms with van der Waals surface area (Å²) in [5, 5.41) is 26.8. The lowest BCUT2D eigenvalue weighted by atomic mass is 10.0. The summed E-state index contributed by atoms with van der Waals surface area (Å²) in [6.45, 7) is 1.45. The molecule has 3 rings (SSSR count). The van der Waals surface area contributed by atoms with E-state index in [0.29, 0.717) is 12.1 Å². The first-order valence-corrected chi connectivity index (χ1v) is 11.5. The Labute approximate surface area is 211 Å². The van der Waals surface area contributed by atoms with Crippen molar-refractivity contribution in [1.82, 2.24) is 16.1 Å². The second kappa shape index (κ2) is 11.5. The Morgan fingerprint density at radius 3 is 2.49 bits per heavy atom. The fourth-order valence-corrected chi connectivity index (χ4v) is 4.44. The second-order valence-corrected chi connectivity index (χ2v) is 8.92. The molecule has 2 heterocycles. The van der Waals surface area contributed by atoms with Crippen LogP contribution in [-0.2, 0) is 36.8 Å². The van der Waals surface area contributed by atoms with Gasteiger partial charge in [-0.2, -0.15) is 5.10 Å². The van der Waals surface area contributed by atoms with Crippen molar-refractivity contribution in [2.45, 2.75) is 57.2 Å². The van der Waals surface area contributed by atoms with Crippen LogP contribution in [-0.4, -0.2) is 70.2 Å². The van der Waals surface area contributed by atoms with Crippen molar-refractivity contribution in [3.05, 3.63) is 29.3 Å². The minimum atomic E-state index is -1.24. The van der Waals surface area contributed by atoms with E-state index in [-0.39, 0.29) is 12.8 Å². The number of hydrazone groups is 1. The van der Waals surface area contributed by atoms with Gasteiger partial charge in [0.05, 0.1) is 24.6 Å². The Bertz CT molecular complexity index is 1150. The number of carboxylic acids is 2. The summed E-state index contributed by atoms with van der Waals surface area (Å²) in [5.74, 6) is -5.02. The number of urea groups is 1. The number of nitrogens with one attached hydrogen (secondary N) is 3. The van der Waals surface area contributed by atoms with Gasteiger partial charge in [-0.25, -0.2) is 10.2 Å². The number of amides is 5. The summed E-state index contributed by atoms with van der Waals surface area (Å²) in [7, 11) is 0. The number of carboxylic acid groups (broad SMARTS) is 2. The maximum absolute atomic E-state index is 13.6. The monoisotopic (exact) mass is 516 g/mol. The molecule has 0 unspecified atom stereocenters. The number of primary amides is 1. The molecule has 7 N–H and O–H groups in total. The average Bonchev–Trinajstić information content (AvgIpc) is 3.14. The van der Waals surface area contributed by atoms with E-state index in [4.69, 9.17) is 10.8 Å². The number of aryl methyl sites for hydroxylation is 1.